The molecule has 4 nitrogen and oxygen atoms in total. The van der Waals surface area contributed by atoms with E-state index in [-0.39, 0.29) is 5.91 Å². The van der Waals surface area contributed by atoms with Crippen LogP contribution in [0.25, 0.3) is 0 Å². The summed E-state index contributed by atoms with van der Waals surface area (Å²) in [6.07, 6.45) is 1.12. The monoisotopic (exact) mass is 267 g/mol. The molecule has 100 valence electrons. The Balaban J connectivity index is 1.84. The van der Waals surface area contributed by atoms with Crippen molar-refractivity contribution in [1.82, 2.24) is 10.2 Å². The van der Waals surface area contributed by atoms with Gasteiger partial charge in [0, 0.05) is 30.6 Å². The van der Waals surface area contributed by atoms with Crippen LogP contribution in [0.15, 0.2) is 11.4 Å². The standard InChI is InChI=1S/C13H21N3OS/c1-9(7-15-13(17)10(2)14)16-5-3-12-11(8-16)4-6-18-12/h4,6,9-10H,3,5,7-8,14H2,1-2H3,(H,15,17)/t9?,10-/m1/s1. The molecule has 1 amide bonds. The topological polar surface area (TPSA) is 58.4 Å². The molecule has 5 heteroatoms. The van der Waals surface area contributed by atoms with Gasteiger partial charge < -0.3 is 11.1 Å². The molecular formula is C13H21N3OS. The highest BCUT2D eigenvalue weighted by Gasteiger charge is 2.21. The van der Waals surface area contributed by atoms with E-state index in [1.54, 1.807) is 6.92 Å². The Bertz CT molecular complexity index is 416. The molecule has 1 aliphatic rings. The van der Waals surface area contributed by atoms with Gasteiger partial charge in [0.1, 0.15) is 0 Å². The Morgan fingerprint density at radius 1 is 1.61 bits per heavy atom. The molecule has 2 atom stereocenters. The summed E-state index contributed by atoms with van der Waals surface area (Å²) in [5.74, 6) is -0.0740. The summed E-state index contributed by atoms with van der Waals surface area (Å²) >= 11 is 1.85. The number of hydrogen-bond acceptors (Lipinski definition) is 4. The molecule has 18 heavy (non-hydrogen) atoms. The van der Waals surface area contributed by atoms with Crippen LogP contribution in [0.3, 0.4) is 0 Å². The third-order valence-electron chi connectivity index (χ3n) is 3.45. The maximum Gasteiger partial charge on any atom is 0.236 e. The lowest BCUT2D eigenvalue weighted by Crippen LogP contribution is -2.47. The summed E-state index contributed by atoms with van der Waals surface area (Å²) in [5, 5.41) is 5.06. The first-order valence-corrected chi connectivity index (χ1v) is 7.28. The summed E-state index contributed by atoms with van der Waals surface area (Å²) in [6.45, 7) is 6.59. The SMILES string of the molecule is CC(CNC(=O)[C@@H](C)N)N1CCc2sccc2C1. The fourth-order valence-electron chi connectivity index (χ4n) is 2.18. The van der Waals surface area contributed by atoms with Crippen molar-refractivity contribution in [3.05, 3.63) is 21.9 Å². The Morgan fingerprint density at radius 3 is 3.11 bits per heavy atom. The number of amides is 1. The minimum atomic E-state index is -0.429. The maximum atomic E-state index is 11.4. The maximum absolute atomic E-state index is 11.4. The molecular weight excluding hydrogens is 246 g/mol. The first kappa shape index (κ1) is 13.5. The number of rotatable bonds is 4. The summed E-state index contributed by atoms with van der Waals surface area (Å²) in [7, 11) is 0. The largest absolute Gasteiger partial charge is 0.353 e. The number of nitrogens with one attached hydrogen (secondary N) is 1. The van der Waals surface area contributed by atoms with E-state index in [9.17, 15) is 4.79 Å². The Morgan fingerprint density at radius 2 is 2.39 bits per heavy atom. The van der Waals surface area contributed by atoms with Crippen molar-refractivity contribution in [3.63, 3.8) is 0 Å². The van der Waals surface area contributed by atoms with E-state index >= 15 is 0 Å². The van der Waals surface area contributed by atoms with E-state index < -0.39 is 6.04 Å². The summed E-state index contributed by atoms with van der Waals surface area (Å²) in [4.78, 5) is 15.4. The lowest BCUT2D eigenvalue weighted by molar-refractivity contribution is -0.122. The molecule has 3 N–H and O–H groups in total. The van der Waals surface area contributed by atoms with Crippen molar-refractivity contribution in [2.75, 3.05) is 13.1 Å². The van der Waals surface area contributed by atoms with Gasteiger partial charge in [-0.2, -0.15) is 0 Å². The number of carbonyl (C=O) groups is 1. The highest BCUT2D eigenvalue weighted by Crippen LogP contribution is 2.24. The lowest BCUT2D eigenvalue weighted by Gasteiger charge is -2.32. The second-order valence-corrected chi connectivity index (χ2v) is 5.97. The highest BCUT2D eigenvalue weighted by atomic mass is 32.1. The number of nitrogens with two attached hydrogens (primary N) is 1. The Labute approximate surface area is 112 Å². The molecule has 1 aliphatic heterocycles. The van der Waals surface area contributed by atoms with Crippen molar-refractivity contribution in [2.45, 2.75) is 38.9 Å². The Kier molecular flexibility index (Phi) is 4.37. The summed E-state index contributed by atoms with van der Waals surface area (Å²) < 4.78 is 0. The minimum absolute atomic E-state index is 0.0740. The van der Waals surface area contributed by atoms with Crippen molar-refractivity contribution in [2.24, 2.45) is 5.73 Å². The molecule has 2 heterocycles. The second-order valence-electron chi connectivity index (χ2n) is 4.97. The average molecular weight is 267 g/mol. The van der Waals surface area contributed by atoms with Gasteiger partial charge in [-0.05, 0) is 37.3 Å². The van der Waals surface area contributed by atoms with Crippen LogP contribution < -0.4 is 11.1 Å². The van der Waals surface area contributed by atoms with Gasteiger partial charge in [-0.25, -0.2) is 0 Å². The van der Waals surface area contributed by atoms with Gasteiger partial charge in [0.2, 0.25) is 5.91 Å². The van der Waals surface area contributed by atoms with Crippen molar-refractivity contribution in [3.8, 4) is 0 Å². The number of carbonyl (C=O) groups excluding carboxylic acids is 1. The number of hydrogen-bond donors (Lipinski definition) is 2. The fourth-order valence-corrected chi connectivity index (χ4v) is 3.07. The third kappa shape index (κ3) is 3.10. The smallest absolute Gasteiger partial charge is 0.236 e. The van der Waals surface area contributed by atoms with Crippen LogP contribution >= 0.6 is 11.3 Å². The molecule has 1 unspecified atom stereocenters. The van der Waals surface area contributed by atoms with Gasteiger partial charge in [0.15, 0.2) is 0 Å². The van der Waals surface area contributed by atoms with E-state index in [1.165, 1.54) is 10.4 Å². The summed E-state index contributed by atoms with van der Waals surface area (Å²) in [5.41, 5.74) is 6.97. The highest BCUT2D eigenvalue weighted by molar-refractivity contribution is 7.10. The van der Waals surface area contributed by atoms with E-state index in [1.807, 2.05) is 11.3 Å². The number of nitrogens with zero attached hydrogens (tertiary/aromatic N) is 1. The molecule has 1 aromatic heterocycles. The van der Waals surface area contributed by atoms with Gasteiger partial charge >= 0.3 is 0 Å². The Hall–Kier alpha value is -0.910. The van der Waals surface area contributed by atoms with Gasteiger partial charge in [-0.1, -0.05) is 0 Å². The molecule has 1 aromatic rings. The number of thiophene rings is 1. The third-order valence-corrected chi connectivity index (χ3v) is 4.47. The quantitative estimate of drug-likeness (QED) is 0.854. The number of fused-ring (bicyclic) bond motifs is 1. The van der Waals surface area contributed by atoms with Gasteiger partial charge in [0.05, 0.1) is 6.04 Å². The van der Waals surface area contributed by atoms with Crippen LogP contribution in [0.2, 0.25) is 0 Å². The van der Waals surface area contributed by atoms with Gasteiger partial charge in [0.25, 0.3) is 0 Å². The second kappa shape index (κ2) is 5.82. The van der Waals surface area contributed by atoms with Crippen molar-refractivity contribution >= 4 is 17.2 Å². The van der Waals surface area contributed by atoms with Crippen LogP contribution in [-0.4, -0.2) is 36.0 Å². The first-order valence-electron chi connectivity index (χ1n) is 6.40. The molecule has 0 aromatic carbocycles. The van der Waals surface area contributed by atoms with E-state index in [2.05, 4.69) is 28.6 Å². The molecule has 0 radical (unpaired) electrons. The molecule has 0 aliphatic carbocycles. The summed E-state index contributed by atoms with van der Waals surface area (Å²) in [6, 6.07) is 2.13. The van der Waals surface area contributed by atoms with Crippen LogP contribution in [0, 0.1) is 0 Å². The molecule has 0 saturated heterocycles. The van der Waals surface area contributed by atoms with Crippen LogP contribution in [-0.2, 0) is 17.8 Å². The fraction of sp³-hybridized carbons (Fsp3) is 0.615. The van der Waals surface area contributed by atoms with E-state index in [4.69, 9.17) is 5.73 Å². The predicted molar refractivity (Wildman–Crippen MR) is 74.6 cm³/mol. The van der Waals surface area contributed by atoms with Crippen molar-refractivity contribution < 1.29 is 4.79 Å². The van der Waals surface area contributed by atoms with Gasteiger partial charge in [-0.15, -0.1) is 11.3 Å². The molecule has 0 bridgehead atoms. The van der Waals surface area contributed by atoms with E-state index in [0.29, 0.717) is 12.6 Å². The molecule has 0 spiro atoms. The minimum Gasteiger partial charge on any atom is -0.353 e. The molecule has 0 saturated carbocycles. The van der Waals surface area contributed by atoms with Crippen molar-refractivity contribution in [1.29, 1.82) is 0 Å². The van der Waals surface area contributed by atoms with Gasteiger partial charge in [-0.3, -0.25) is 9.69 Å². The predicted octanol–water partition coefficient (Wildman–Crippen LogP) is 0.958. The first-order chi connectivity index (χ1) is 8.58. The zero-order valence-electron chi connectivity index (χ0n) is 11.0. The zero-order valence-corrected chi connectivity index (χ0v) is 11.8. The molecule has 2 rings (SSSR count). The van der Waals surface area contributed by atoms with Crippen LogP contribution in [0.5, 0.6) is 0 Å². The average Bonchev–Trinajstić information content (AvgIpc) is 2.82. The lowest BCUT2D eigenvalue weighted by atomic mass is 10.1. The zero-order chi connectivity index (χ0) is 13.1. The van der Waals surface area contributed by atoms with Crippen LogP contribution in [0.4, 0.5) is 0 Å². The molecule has 0 fully saturated rings. The normalized spacial score (nSPS) is 19.1. The van der Waals surface area contributed by atoms with E-state index in [0.717, 1.165) is 19.5 Å². The van der Waals surface area contributed by atoms with Crippen LogP contribution in [0.1, 0.15) is 24.3 Å².